The van der Waals surface area contributed by atoms with E-state index in [1.165, 1.54) is 12.1 Å². The summed E-state index contributed by atoms with van der Waals surface area (Å²) in [4.78, 5) is 26.0. The summed E-state index contributed by atoms with van der Waals surface area (Å²) in [6.07, 6.45) is 2.67. The minimum Gasteiger partial charge on any atom is -0.494 e. The summed E-state index contributed by atoms with van der Waals surface area (Å²) in [6.45, 7) is 3.39. The molecule has 38 heavy (non-hydrogen) atoms. The average Bonchev–Trinajstić information content (AvgIpc) is 2.95. The lowest BCUT2D eigenvalue weighted by Gasteiger charge is -2.37. The molecule has 0 saturated heterocycles. The highest BCUT2D eigenvalue weighted by Gasteiger charge is 2.33. The second-order valence-corrected chi connectivity index (χ2v) is 8.96. The van der Waals surface area contributed by atoms with Gasteiger partial charge in [-0.05, 0) is 72.5 Å². The van der Waals surface area contributed by atoms with E-state index in [0.29, 0.717) is 42.4 Å². The summed E-state index contributed by atoms with van der Waals surface area (Å²) >= 11 is 0. The van der Waals surface area contributed by atoms with Gasteiger partial charge in [0, 0.05) is 24.2 Å². The van der Waals surface area contributed by atoms with Crippen molar-refractivity contribution in [2.75, 3.05) is 34.0 Å². The van der Waals surface area contributed by atoms with Crippen molar-refractivity contribution in [3.8, 4) is 23.0 Å². The zero-order valence-corrected chi connectivity index (χ0v) is 21.8. The summed E-state index contributed by atoms with van der Waals surface area (Å²) in [5.41, 5.74) is 2.49. The van der Waals surface area contributed by atoms with Crippen molar-refractivity contribution in [3.63, 3.8) is 0 Å². The number of fused-ring (bicyclic) bond motifs is 1. The normalized spacial score (nSPS) is 14.4. The maximum Gasteiger partial charge on any atom is 0.269 e. The summed E-state index contributed by atoms with van der Waals surface area (Å²) in [5, 5.41) is 11.0. The van der Waals surface area contributed by atoms with E-state index < -0.39 is 11.0 Å². The van der Waals surface area contributed by atoms with Crippen LogP contribution in [-0.4, -0.2) is 49.7 Å². The molecule has 4 rings (SSSR count). The molecule has 1 amide bonds. The number of benzene rings is 3. The van der Waals surface area contributed by atoms with Gasteiger partial charge in [-0.25, -0.2) is 0 Å². The van der Waals surface area contributed by atoms with Gasteiger partial charge in [-0.2, -0.15) is 0 Å². The van der Waals surface area contributed by atoms with Crippen molar-refractivity contribution in [2.45, 2.75) is 32.2 Å². The number of carbonyl (C=O) groups excluding carboxylic acids is 1. The largest absolute Gasteiger partial charge is 0.494 e. The van der Waals surface area contributed by atoms with Crippen LogP contribution in [0.2, 0.25) is 0 Å². The number of ether oxygens (including phenoxy) is 4. The third-order valence-corrected chi connectivity index (χ3v) is 6.59. The monoisotopic (exact) mass is 520 g/mol. The first kappa shape index (κ1) is 26.8. The van der Waals surface area contributed by atoms with Crippen molar-refractivity contribution in [1.82, 2.24) is 4.90 Å². The molecule has 0 bridgehead atoms. The number of nitro groups is 1. The molecule has 1 aliphatic rings. The summed E-state index contributed by atoms with van der Waals surface area (Å²) in [7, 11) is 3.16. The van der Waals surface area contributed by atoms with Gasteiger partial charge in [0.05, 0.1) is 31.8 Å². The lowest BCUT2D eigenvalue weighted by molar-refractivity contribution is -0.384. The van der Waals surface area contributed by atoms with Gasteiger partial charge in [0.15, 0.2) is 11.5 Å². The van der Waals surface area contributed by atoms with Crippen molar-refractivity contribution in [3.05, 3.63) is 87.5 Å². The van der Waals surface area contributed by atoms with E-state index in [9.17, 15) is 14.9 Å². The van der Waals surface area contributed by atoms with Crippen LogP contribution in [0.15, 0.2) is 60.7 Å². The van der Waals surface area contributed by atoms with E-state index in [1.807, 2.05) is 24.3 Å². The Kier molecular flexibility index (Phi) is 8.68. The van der Waals surface area contributed by atoms with Crippen LogP contribution in [0.3, 0.4) is 0 Å². The smallest absolute Gasteiger partial charge is 0.269 e. The molecule has 1 aliphatic heterocycles. The first-order valence-corrected chi connectivity index (χ1v) is 12.6. The first-order chi connectivity index (χ1) is 18.4. The highest BCUT2D eigenvalue weighted by molar-refractivity contribution is 5.95. The van der Waals surface area contributed by atoms with Gasteiger partial charge in [-0.3, -0.25) is 14.9 Å². The van der Waals surface area contributed by atoms with Crippen LogP contribution in [0, 0.1) is 10.1 Å². The van der Waals surface area contributed by atoms with Crippen LogP contribution >= 0.6 is 0 Å². The average molecular weight is 521 g/mol. The molecule has 0 saturated carbocycles. The second-order valence-electron chi connectivity index (χ2n) is 8.96. The number of hydrogen-bond acceptors (Lipinski definition) is 7. The van der Waals surface area contributed by atoms with E-state index in [4.69, 9.17) is 18.9 Å². The number of carbonyl (C=O) groups is 1. The third kappa shape index (κ3) is 5.99. The molecule has 0 radical (unpaired) electrons. The summed E-state index contributed by atoms with van der Waals surface area (Å²) in [6, 6.07) is 16.5. The molecule has 0 aliphatic carbocycles. The Morgan fingerprint density at radius 1 is 0.974 bits per heavy atom. The standard InChI is InChI=1S/C29H32N2O7/c1-4-5-16-37-23-10-6-20(7-11-23)29(32)30-15-14-21-17-27(35-2)28(36-3)18-25(21)26(30)19-38-24-12-8-22(9-13-24)31(33)34/h6-13,17-18,26H,4-5,14-16,19H2,1-3H3. The molecule has 9 heteroatoms. The van der Waals surface area contributed by atoms with Gasteiger partial charge in [-0.1, -0.05) is 13.3 Å². The fourth-order valence-corrected chi connectivity index (χ4v) is 4.48. The lowest BCUT2D eigenvalue weighted by atomic mass is 9.91. The molecular weight excluding hydrogens is 488 g/mol. The Hall–Kier alpha value is -4.27. The number of non-ortho nitro benzene ring substituents is 1. The molecule has 200 valence electrons. The van der Waals surface area contributed by atoms with E-state index in [0.717, 1.165) is 29.7 Å². The number of methoxy groups -OCH3 is 2. The molecular formula is C29H32N2O7. The Balaban J connectivity index is 1.61. The van der Waals surface area contributed by atoms with Gasteiger partial charge in [0.2, 0.25) is 0 Å². The number of hydrogen-bond donors (Lipinski definition) is 0. The van der Waals surface area contributed by atoms with Gasteiger partial charge < -0.3 is 23.8 Å². The van der Waals surface area contributed by atoms with Crippen LogP contribution in [0.25, 0.3) is 0 Å². The van der Waals surface area contributed by atoms with E-state index in [2.05, 4.69) is 6.92 Å². The minimum atomic E-state index is -0.457. The Morgan fingerprint density at radius 3 is 2.24 bits per heavy atom. The molecule has 3 aromatic rings. The highest BCUT2D eigenvalue weighted by atomic mass is 16.6. The quantitative estimate of drug-likeness (QED) is 0.184. The maximum atomic E-state index is 13.7. The minimum absolute atomic E-state index is 0.0175. The molecule has 1 heterocycles. The van der Waals surface area contributed by atoms with Crippen molar-refractivity contribution in [1.29, 1.82) is 0 Å². The molecule has 1 unspecified atom stereocenters. The number of amides is 1. The first-order valence-electron chi connectivity index (χ1n) is 12.6. The van der Waals surface area contributed by atoms with E-state index in [-0.39, 0.29) is 18.2 Å². The molecule has 0 fully saturated rings. The second kappa shape index (κ2) is 12.3. The summed E-state index contributed by atoms with van der Waals surface area (Å²) in [5.74, 6) is 2.27. The van der Waals surface area contributed by atoms with Crippen LogP contribution in [-0.2, 0) is 6.42 Å². The molecule has 0 N–H and O–H groups in total. The molecule has 3 aromatic carbocycles. The molecule has 9 nitrogen and oxygen atoms in total. The third-order valence-electron chi connectivity index (χ3n) is 6.59. The zero-order chi connectivity index (χ0) is 27.1. The molecule has 0 aromatic heterocycles. The van der Waals surface area contributed by atoms with E-state index in [1.54, 1.807) is 43.4 Å². The predicted octanol–water partition coefficient (Wildman–Crippen LogP) is 5.61. The fourth-order valence-electron chi connectivity index (χ4n) is 4.48. The number of unbranched alkanes of at least 4 members (excludes halogenated alkanes) is 1. The van der Waals surface area contributed by atoms with Crippen LogP contribution in [0.5, 0.6) is 23.0 Å². The number of nitro benzene ring substituents is 1. The SMILES string of the molecule is CCCCOc1ccc(C(=O)N2CCc3cc(OC)c(OC)cc3C2COc2ccc([N+](=O)[O-])cc2)cc1. The predicted molar refractivity (Wildman–Crippen MR) is 142 cm³/mol. The van der Waals surface area contributed by atoms with Crippen molar-refractivity contribution >= 4 is 11.6 Å². The topological polar surface area (TPSA) is 100 Å². The van der Waals surface area contributed by atoms with Gasteiger partial charge in [-0.15, -0.1) is 0 Å². The number of nitrogens with zero attached hydrogens (tertiary/aromatic N) is 2. The summed E-state index contributed by atoms with van der Waals surface area (Å²) < 4.78 is 22.8. The Labute approximate surface area is 222 Å². The van der Waals surface area contributed by atoms with Gasteiger partial charge in [0.1, 0.15) is 18.1 Å². The van der Waals surface area contributed by atoms with Gasteiger partial charge >= 0.3 is 0 Å². The van der Waals surface area contributed by atoms with Gasteiger partial charge in [0.25, 0.3) is 11.6 Å². The maximum absolute atomic E-state index is 13.7. The van der Waals surface area contributed by atoms with Crippen LogP contribution in [0.1, 0.15) is 47.3 Å². The van der Waals surface area contributed by atoms with Crippen molar-refractivity contribution in [2.24, 2.45) is 0 Å². The van der Waals surface area contributed by atoms with Crippen LogP contribution in [0.4, 0.5) is 5.69 Å². The van der Waals surface area contributed by atoms with Crippen LogP contribution < -0.4 is 18.9 Å². The highest BCUT2D eigenvalue weighted by Crippen LogP contribution is 2.39. The fraction of sp³-hybridized carbons (Fsp3) is 0.345. The number of rotatable bonds is 11. The lowest BCUT2D eigenvalue weighted by Crippen LogP contribution is -2.42. The Morgan fingerprint density at radius 2 is 1.61 bits per heavy atom. The molecule has 0 spiro atoms. The Bertz CT molecular complexity index is 1260. The molecule has 1 atom stereocenters. The van der Waals surface area contributed by atoms with Crippen molar-refractivity contribution < 1.29 is 28.7 Å². The van der Waals surface area contributed by atoms with E-state index >= 15 is 0 Å². The zero-order valence-electron chi connectivity index (χ0n) is 21.8.